The van der Waals surface area contributed by atoms with Crippen molar-refractivity contribution in [2.75, 3.05) is 0 Å². The van der Waals surface area contributed by atoms with Crippen molar-refractivity contribution in [1.82, 2.24) is 0 Å². The highest BCUT2D eigenvalue weighted by molar-refractivity contribution is 7.27. The highest BCUT2D eigenvalue weighted by atomic mass is 35.5. The summed E-state index contributed by atoms with van der Waals surface area (Å²) in [6.45, 7) is 4.15. The fourth-order valence-corrected chi connectivity index (χ4v) is 4.94. The number of thiophene rings is 2. The van der Waals surface area contributed by atoms with Crippen molar-refractivity contribution >= 4 is 55.3 Å². The molecule has 0 amide bonds. The third-order valence-corrected chi connectivity index (χ3v) is 6.38. The second kappa shape index (κ2) is 5.10. The van der Waals surface area contributed by atoms with E-state index in [1.54, 1.807) is 22.7 Å². The molecule has 3 aromatic rings. The fourth-order valence-electron chi connectivity index (χ4n) is 2.06. The van der Waals surface area contributed by atoms with Gasteiger partial charge in [-0.05, 0) is 54.1 Å². The summed E-state index contributed by atoms with van der Waals surface area (Å²) in [6.07, 6.45) is 0. The van der Waals surface area contributed by atoms with Crippen LogP contribution in [0.2, 0.25) is 5.02 Å². The molecule has 1 atom stereocenters. The van der Waals surface area contributed by atoms with Gasteiger partial charge in [0.15, 0.2) is 0 Å². The lowest BCUT2D eigenvalue weighted by molar-refractivity contribution is 1.16. The molecule has 0 aliphatic carbocycles. The van der Waals surface area contributed by atoms with Gasteiger partial charge in [-0.1, -0.05) is 17.7 Å². The summed E-state index contributed by atoms with van der Waals surface area (Å²) in [6, 6.07) is 8.41. The molecular weight excluding hydrogens is 315 g/mol. The minimum absolute atomic E-state index is 0.170. The predicted molar refractivity (Wildman–Crippen MR) is 88.3 cm³/mol. The Morgan fingerprint density at radius 1 is 1.05 bits per heavy atom. The van der Waals surface area contributed by atoms with Gasteiger partial charge in [0.25, 0.3) is 0 Å². The average Bonchev–Trinajstić information content (AvgIpc) is 2.93. The van der Waals surface area contributed by atoms with Crippen molar-refractivity contribution in [2.45, 2.75) is 19.2 Å². The fraction of sp³-hybridized carbons (Fsp3) is 0.200. The molecule has 0 saturated heterocycles. The van der Waals surface area contributed by atoms with Crippen molar-refractivity contribution in [1.29, 1.82) is 0 Å². The van der Waals surface area contributed by atoms with E-state index in [0.29, 0.717) is 0 Å². The minimum atomic E-state index is -0.170. The molecular formula is C15H12Cl2S2. The zero-order valence-corrected chi connectivity index (χ0v) is 13.7. The summed E-state index contributed by atoms with van der Waals surface area (Å²) in [5.74, 6) is 0. The van der Waals surface area contributed by atoms with Gasteiger partial charge in [-0.2, -0.15) is 0 Å². The molecule has 2 aromatic heterocycles. The van der Waals surface area contributed by atoms with E-state index < -0.39 is 0 Å². The molecule has 19 heavy (non-hydrogen) atoms. The SMILES string of the molecule is Cc1cc(Cl)c(C(Cl)c2cc3sccc3s2)cc1C. The minimum Gasteiger partial charge on any atom is -0.143 e. The summed E-state index contributed by atoms with van der Waals surface area (Å²) >= 11 is 16.5. The van der Waals surface area contributed by atoms with Crippen LogP contribution in [0.4, 0.5) is 0 Å². The van der Waals surface area contributed by atoms with Gasteiger partial charge in [0.2, 0.25) is 0 Å². The molecule has 1 aromatic carbocycles. The molecule has 0 bridgehead atoms. The number of fused-ring (bicyclic) bond motifs is 1. The number of rotatable bonds is 2. The molecule has 0 aliphatic heterocycles. The van der Waals surface area contributed by atoms with Crippen LogP contribution in [0, 0.1) is 13.8 Å². The zero-order valence-electron chi connectivity index (χ0n) is 10.5. The van der Waals surface area contributed by atoms with Crippen LogP contribution in [-0.4, -0.2) is 0 Å². The van der Waals surface area contributed by atoms with Gasteiger partial charge in [0.05, 0.1) is 5.38 Å². The molecule has 0 nitrogen and oxygen atoms in total. The highest BCUT2D eigenvalue weighted by Gasteiger charge is 2.18. The van der Waals surface area contributed by atoms with Gasteiger partial charge in [-0.15, -0.1) is 34.3 Å². The first-order valence-electron chi connectivity index (χ1n) is 5.94. The summed E-state index contributed by atoms with van der Waals surface area (Å²) in [7, 11) is 0. The summed E-state index contributed by atoms with van der Waals surface area (Å²) in [4.78, 5) is 1.16. The lowest BCUT2D eigenvalue weighted by Crippen LogP contribution is -1.94. The van der Waals surface area contributed by atoms with Gasteiger partial charge < -0.3 is 0 Å². The average molecular weight is 327 g/mol. The van der Waals surface area contributed by atoms with E-state index in [4.69, 9.17) is 23.2 Å². The van der Waals surface area contributed by atoms with Crippen LogP contribution >= 0.6 is 45.9 Å². The van der Waals surface area contributed by atoms with E-state index in [0.717, 1.165) is 15.5 Å². The first kappa shape index (κ1) is 13.4. The van der Waals surface area contributed by atoms with Gasteiger partial charge in [0.1, 0.15) is 0 Å². The monoisotopic (exact) mass is 326 g/mol. The van der Waals surface area contributed by atoms with E-state index in [1.807, 2.05) is 6.07 Å². The summed E-state index contributed by atoms with van der Waals surface area (Å²) in [5.41, 5.74) is 3.42. The lowest BCUT2D eigenvalue weighted by Gasteiger charge is -2.12. The van der Waals surface area contributed by atoms with Crippen LogP contribution in [-0.2, 0) is 0 Å². The molecule has 0 N–H and O–H groups in total. The van der Waals surface area contributed by atoms with Crippen LogP contribution in [0.3, 0.4) is 0 Å². The van der Waals surface area contributed by atoms with E-state index >= 15 is 0 Å². The van der Waals surface area contributed by atoms with Crippen molar-refractivity contribution in [3.63, 3.8) is 0 Å². The number of benzene rings is 1. The first-order valence-corrected chi connectivity index (χ1v) is 8.45. The summed E-state index contributed by atoms with van der Waals surface area (Å²) in [5, 5.41) is 2.69. The number of aryl methyl sites for hydroxylation is 2. The van der Waals surface area contributed by atoms with Gasteiger partial charge in [-0.3, -0.25) is 0 Å². The smallest absolute Gasteiger partial charge is 0.0942 e. The van der Waals surface area contributed by atoms with Crippen LogP contribution in [0.15, 0.2) is 29.6 Å². The Morgan fingerprint density at radius 2 is 1.79 bits per heavy atom. The Balaban J connectivity index is 2.06. The van der Waals surface area contributed by atoms with Gasteiger partial charge in [0, 0.05) is 19.3 Å². The van der Waals surface area contributed by atoms with Gasteiger partial charge in [-0.25, -0.2) is 0 Å². The Kier molecular flexibility index (Phi) is 3.61. The van der Waals surface area contributed by atoms with Gasteiger partial charge >= 0.3 is 0 Å². The third kappa shape index (κ3) is 2.43. The molecule has 0 saturated carbocycles. The van der Waals surface area contributed by atoms with E-state index in [9.17, 15) is 0 Å². The topological polar surface area (TPSA) is 0 Å². The van der Waals surface area contributed by atoms with Crippen molar-refractivity contribution in [2.24, 2.45) is 0 Å². The summed E-state index contributed by atoms with van der Waals surface area (Å²) < 4.78 is 2.59. The predicted octanol–water partition coefficient (Wildman–Crippen LogP) is 6.56. The van der Waals surface area contributed by atoms with Crippen LogP contribution in [0.25, 0.3) is 9.40 Å². The largest absolute Gasteiger partial charge is 0.143 e. The molecule has 0 spiro atoms. The number of alkyl halides is 1. The molecule has 0 fully saturated rings. The van der Waals surface area contributed by atoms with Crippen LogP contribution < -0.4 is 0 Å². The Bertz CT molecular complexity index is 711. The van der Waals surface area contributed by atoms with Crippen molar-refractivity contribution in [3.05, 3.63) is 56.2 Å². The highest BCUT2D eigenvalue weighted by Crippen LogP contribution is 2.41. The Labute approximate surface area is 130 Å². The standard InChI is InChI=1S/C15H12Cl2S2/c1-8-5-10(11(16)6-9(8)2)15(17)14-7-13-12(19-14)3-4-18-13/h3-7,15H,1-2H3. The Morgan fingerprint density at radius 3 is 2.53 bits per heavy atom. The molecule has 1 unspecified atom stereocenters. The van der Waals surface area contributed by atoms with E-state index in [2.05, 4.69) is 37.4 Å². The van der Waals surface area contributed by atoms with Crippen LogP contribution in [0.1, 0.15) is 26.9 Å². The molecule has 98 valence electrons. The maximum absolute atomic E-state index is 6.62. The lowest BCUT2D eigenvalue weighted by atomic mass is 10.0. The molecule has 3 rings (SSSR count). The zero-order chi connectivity index (χ0) is 13.6. The first-order chi connectivity index (χ1) is 9.06. The number of hydrogen-bond donors (Lipinski definition) is 0. The molecule has 0 radical (unpaired) electrons. The molecule has 2 heterocycles. The number of halogens is 2. The third-order valence-electron chi connectivity index (χ3n) is 3.29. The second-order valence-electron chi connectivity index (χ2n) is 4.62. The quantitative estimate of drug-likeness (QED) is 0.467. The van der Waals surface area contributed by atoms with Crippen molar-refractivity contribution < 1.29 is 0 Å². The van der Waals surface area contributed by atoms with E-state index in [-0.39, 0.29) is 5.38 Å². The molecule has 4 heteroatoms. The van der Waals surface area contributed by atoms with E-state index in [1.165, 1.54) is 20.5 Å². The maximum Gasteiger partial charge on any atom is 0.0942 e. The molecule has 0 aliphatic rings. The number of hydrogen-bond acceptors (Lipinski definition) is 2. The van der Waals surface area contributed by atoms with Crippen molar-refractivity contribution in [3.8, 4) is 0 Å². The maximum atomic E-state index is 6.62. The Hall–Kier alpha value is -0.540. The van der Waals surface area contributed by atoms with Crippen LogP contribution in [0.5, 0.6) is 0 Å². The second-order valence-corrected chi connectivity index (χ2v) is 7.53. The normalized spacial score (nSPS) is 13.1.